The van der Waals surface area contributed by atoms with Crippen molar-refractivity contribution in [2.45, 2.75) is 44.0 Å². The highest BCUT2D eigenvalue weighted by atomic mass is 32.2. The Labute approximate surface area is 243 Å². The molecular formula is C33H43N3O3S. The van der Waals surface area contributed by atoms with Gasteiger partial charge in [-0.2, -0.15) is 0 Å². The minimum Gasteiger partial charge on any atom is -0.444 e. The number of hydrogen-bond donors (Lipinski definition) is 2. The van der Waals surface area contributed by atoms with E-state index in [2.05, 4.69) is 88.3 Å². The van der Waals surface area contributed by atoms with E-state index in [4.69, 9.17) is 4.74 Å². The van der Waals surface area contributed by atoms with E-state index in [9.17, 15) is 9.59 Å². The van der Waals surface area contributed by atoms with Crippen LogP contribution in [0.1, 0.15) is 50.3 Å². The highest BCUT2D eigenvalue weighted by Gasteiger charge is 2.36. The molecular weight excluding hydrogens is 518 g/mol. The maximum atomic E-state index is 12.6. The van der Waals surface area contributed by atoms with Gasteiger partial charge in [-0.25, -0.2) is 4.79 Å². The van der Waals surface area contributed by atoms with Gasteiger partial charge in [-0.3, -0.25) is 4.79 Å². The smallest absolute Gasteiger partial charge is 0.407 e. The first-order valence-corrected chi connectivity index (χ1v) is 14.9. The van der Waals surface area contributed by atoms with Gasteiger partial charge in [0.25, 0.3) is 0 Å². The van der Waals surface area contributed by atoms with Crippen LogP contribution < -0.4 is 10.6 Å². The summed E-state index contributed by atoms with van der Waals surface area (Å²) in [5.41, 5.74) is 3.14. The average molecular weight is 562 g/mol. The van der Waals surface area contributed by atoms with Crippen molar-refractivity contribution in [3.8, 4) is 0 Å². The molecule has 3 rings (SSSR count). The summed E-state index contributed by atoms with van der Waals surface area (Å²) in [4.78, 5) is 26.5. The lowest BCUT2D eigenvalue weighted by Gasteiger charge is -2.35. The van der Waals surface area contributed by atoms with E-state index in [-0.39, 0.29) is 10.7 Å². The Kier molecular flexibility index (Phi) is 12.1. The minimum atomic E-state index is -0.506. The normalized spacial score (nSPS) is 11.7. The van der Waals surface area contributed by atoms with Crippen LogP contribution in [0.2, 0.25) is 0 Å². The largest absolute Gasteiger partial charge is 0.444 e. The standard InChI is InChI=1S/C33H43N3O3S/c1-32(2,3)39-31(38)35-22-25-36(4)24-14-21-30(37)34-23-26-40-33(27-15-8-5-9-16-27,28-17-10-6-11-18-28)29-19-12-7-13-20-29/h5-13,15-20H,14,21-26H2,1-4H3,(H,34,37)(H,35,38). The third kappa shape index (κ3) is 9.72. The van der Waals surface area contributed by atoms with Crippen molar-refractivity contribution < 1.29 is 14.3 Å². The maximum absolute atomic E-state index is 12.6. The molecule has 0 atom stereocenters. The molecule has 214 valence electrons. The molecule has 3 aromatic carbocycles. The summed E-state index contributed by atoms with van der Waals surface area (Å²) in [6, 6.07) is 31.8. The van der Waals surface area contributed by atoms with E-state index < -0.39 is 11.7 Å². The number of nitrogens with zero attached hydrogens (tertiary/aromatic N) is 1. The maximum Gasteiger partial charge on any atom is 0.407 e. The van der Waals surface area contributed by atoms with Gasteiger partial charge in [0, 0.05) is 31.8 Å². The number of benzene rings is 3. The molecule has 0 bridgehead atoms. The predicted molar refractivity (Wildman–Crippen MR) is 166 cm³/mol. The van der Waals surface area contributed by atoms with Crippen LogP contribution in [0, 0.1) is 0 Å². The van der Waals surface area contributed by atoms with E-state index in [1.807, 2.05) is 57.8 Å². The Morgan fingerprint density at radius 3 is 1.73 bits per heavy atom. The molecule has 6 nitrogen and oxygen atoms in total. The lowest BCUT2D eigenvalue weighted by molar-refractivity contribution is -0.121. The van der Waals surface area contributed by atoms with Crippen molar-refractivity contribution in [1.82, 2.24) is 15.5 Å². The number of thioether (sulfide) groups is 1. The van der Waals surface area contributed by atoms with Gasteiger partial charge in [0.05, 0.1) is 4.75 Å². The Bertz CT molecular complexity index is 1070. The van der Waals surface area contributed by atoms with Crippen LogP contribution >= 0.6 is 11.8 Å². The monoisotopic (exact) mass is 561 g/mol. The molecule has 0 unspecified atom stereocenters. The second-order valence-electron chi connectivity index (χ2n) is 10.8. The van der Waals surface area contributed by atoms with Crippen molar-refractivity contribution in [2.24, 2.45) is 0 Å². The van der Waals surface area contributed by atoms with Gasteiger partial charge in [0.2, 0.25) is 5.91 Å². The fourth-order valence-corrected chi connectivity index (χ4v) is 5.95. The average Bonchev–Trinajstić information content (AvgIpc) is 2.94. The molecule has 0 radical (unpaired) electrons. The highest BCUT2D eigenvalue weighted by Crippen LogP contribution is 2.48. The van der Waals surface area contributed by atoms with Gasteiger partial charge in [0.1, 0.15) is 5.60 Å². The number of alkyl carbamates (subject to hydrolysis) is 1. The molecule has 0 aliphatic rings. The SMILES string of the molecule is CN(CCCC(=O)NCCSC(c1ccccc1)(c1ccccc1)c1ccccc1)CCNC(=O)OC(C)(C)C. The summed E-state index contributed by atoms with van der Waals surface area (Å²) >= 11 is 1.85. The lowest BCUT2D eigenvalue weighted by atomic mass is 9.84. The second kappa shape index (κ2) is 15.5. The fourth-order valence-electron chi connectivity index (χ4n) is 4.54. The van der Waals surface area contributed by atoms with Gasteiger partial charge < -0.3 is 20.3 Å². The molecule has 2 amide bonds. The summed E-state index contributed by atoms with van der Waals surface area (Å²) in [7, 11) is 1.99. The van der Waals surface area contributed by atoms with E-state index in [0.29, 0.717) is 26.1 Å². The summed E-state index contributed by atoms with van der Waals surface area (Å²) in [6.45, 7) is 8.08. The molecule has 0 heterocycles. The fraction of sp³-hybridized carbons (Fsp3) is 0.394. The molecule has 0 aromatic heterocycles. The summed E-state index contributed by atoms with van der Waals surface area (Å²) in [5, 5.41) is 5.88. The number of carbonyl (C=O) groups excluding carboxylic acids is 2. The van der Waals surface area contributed by atoms with Crippen LogP contribution in [-0.2, 0) is 14.3 Å². The van der Waals surface area contributed by atoms with Crippen LogP contribution in [0.3, 0.4) is 0 Å². The topological polar surface area (TPSA) is 70.7 Å². The van der Waals surface area contributed by atoms with E-state index in [1.165, 1.54) is 16.7 Å². The van der Waals surface area contributed by atoms with Gasteiger partial charge in [-0.1, -0.05) is 91.0 Å². The molecule has 0 aliphatic carbocycles. The van der Waals surface area contributed by atoms with Crippen LogP contribution in [0.4, 0.5) is 4.79 Å². The second-order valence-corrected chi connectivity index (χ2v) is 12.1. The molecule has 0 saturated carbocycles. The van der Waals surface area contributed by atoms with E-state index in [0.717, 1.165) is 18.7 Å². The molecule has 40 heavy (non-hydrogen) atoms. The van der Waals surface area contributed by atoms with Gasteiger partial charge in [-0.15, -0.1) is 11.8 Å². The van der Waals surface area contributed by atoms with E-state index >= 15 is 0 Å². The van der Waals surface area contributed by atoms with Crippen LogP contribution in [0.5, 0.6) is 0 Å². The lowest BCUT2D eigenvalue weighted by Crippen LogP contribution is -2.37. The Hall–Kier alpha value is -3.29. The van der Waals surface area contributed by atoms with Gasteiger partial charge >= 0.3 is 6.09 Å². The van der Waals surface area contributed by atoms with Gasteiger partial charge in [0.15, 0.2) is 0 Å². The van der Waals surface area contributed by atoms with Crippen LogP contribution in [0.25, 0.3) is 0 Å². The summed E-state index contributed by atoms with van der Waals surface area (Å²) in [6.07, 6.45) is 0.813. The molecule has 0 aliphatic heterocycles. The van der Waals surface area contributed by atoms with Crippen LogP contribution in [0.15, 0.2) is 91.0 Å². The number of ether oxygens (including phenoxy) is 1. The Morgan fingerprint density at radius 2 is 1.25 bits per heavy atom. The molecule has 0 fully saturated rings. The number of likely N-dealkylation sites (N-methyl/N-ethyl adjacent to an activating group) is 1. The number of amides is 2. The zero-order chi connectivity index (χ0) is 28.8. The van der Waals surface area contributed by atoms with Crippen molar-refractivity contribution in [1.29, 1.82) is 0 Å². The van der Waals surface area contributed by atoms with Crippen molar-refractivity contribution in [3.63, 3.8) is 0 Å². The van der Waals surface area contributed by atoms with Gasteiger partial charge in [-0.05, 0) is 57.5 Å². The molecule has 7 heteroatoms. The van der Waals surface area contributed by atoms with Crippen molar-refractivity contribution in [2.75, 3.05) is 39.0 Å². The number of hydrogen-bond acceptors (Lipinski definition) is 5. The summed E-state index contributed by atoms with van der Waals surface area (Å²) in [5.74, 6) is 0.825. The third-order valence-corrected chi connectivity index (χ3v) is 7.94. The highest BCUT2D eigenvalue weighted by molar-refractivity contribution is 8.00. The summed E-state index contributed by atoms with van der Waals surface area (Å²) < 4.78 is 4.87. The molecule has 0 saturated heterocycles. The predicted octanol–water partition coefficient (Wildman–Crippen LogP) is 6.06. The zero-order valence-electron chi connectivity index (χ0n) is 24.2. The zero-order valence-corrected chi connectivity index (χ0v) is 25.0. The van der Waals surface area contributed by atoms with E-state index in [1.54, 1.807) is 0 Å². The quantitative estimate of drug-likeness (QED) is 0.185. The van der Waals surface area contributed by atoms with Crippen LogP contribution in [-0.4, -0.2) is 61.5 Å². The number of carbonyl (C=O) groups is 2. The first kappa shape index (κ1) is 31.2. The third-order valence-electron chi connectivity index (χ3n) is 6.39. The Balaban J connectivity index is 1.50. The molecule has 2 N–H and O–H groups in total. The van der Waals surface area contributed by atoms with Crippen molar-refractivity contribution in [3.05, 3.63) is 108 Å². The van der Waals surface area contributed by atoms with Crippen molar-refractivity contribution >= 4 is 23.8 Å². The molecule has 3 aromatic rings. The first-order valence-electron chi connectivity index (χ1n) is 13.9. The first-order chi connectivity index (χ1) is 19.2. The number of nitrogens with one attached hydrogen (secondary N) is 2. The minimum absolute atomic E-state index is 0.0608. The Morgan fingerprint density at radius 1 is 0.750 bits per heavy atom. The number of rotatable bonds is 14. The molecule has 0 spiro atoms.